The summed E-state index contributed by atoms with van der Waals surface area (Å²) in [5.41, 5.74) is 7.61. The molecule has 9 nitrogen and oxygen atoms in total. The van der Waals surface area contributed by atoms with Gasteiger partial charge < -0.3 is 15.8 Å². The third-order valence-electron chi connectivity index (χ3n) is 4.46. The van der Waals surface area contributed by atoms with Crippen molar-refractivity contribution in [1.82, 2.24) is 20.2 Å². The minimum Gasteiger partial charge on any atom is -0.497 e. The van der Waals surface area contributed by atoms with E-state index in [1.807, 2.05) is 12.1 Å². The number of nitrogens with two attached hydrogens (primary N) is 1. The number of sulfone groups is 1. The fraction of sp³-hybridized carbons (Fsp3) is 0.105. The Bertz CT molecular complexity index is 1370. The van der Waals surface area contributed by atoms with Crippen molar-refractivity contribution in [2.75, 3.05) is 24.4 Å². The van der Waals surface area contributed by atoms with Gasteiger partial charge in [0, 0.05) is 23.4 Å². The first kappa shape index (κ1) is 19.6. The summed E-state index contributed by atoms with van der Waals surface area (Å²) in [6, 6.07) is 9.14. The smallest absolute Gasteiger partial charge is 0.230 e. The maximum Gasteiger partial charge on any atom is 0.230 e. The number of nitrogens with zero attached hydrogens (tertiary/aromatic N) is 3. The van der Waals surface area contributed by atoms with Gasteiger partial charge in [0.05, 0.1) is 12.6 Å². The SMILES string of the molecule is COc1ccc2[nH]nc(Nc3ncc(-c4ccc(F)c(S(C)(=O)=O)c4)c(N)n3)c2c1. The lowest BCUT2D eigenvalue weighted by Crippen LogP contribution is -2.04. The number of halogens is 1. The molecular weight excluding hydrogens is 411 g/mol. The van der Waals surface area contributed by atoms with E-state index in [0.717, 1.165) is 23.2 Å². The summed E-state index contributed by atoms with van der Waals surface area (Å²) in [4.78, 5) is 8.02. The van der Waals surface area contributed by atoms with Crippen molar-refractivity contribution in [3.63, 3.8) is 0 Å². The maximum atomic E-state index is 13.9. The molecule has 4 N–H and O–H groups in total. The van der Waals surface area contributed by atoms with Crippen molar-refractivity contribution in [2.45, 2.75) is 4.90 Å². The monoisotopic (exact) mass is 428 g/mol. The predicted molar refractivity (Wildman–Crippen MR) is 111 cm³/mol. The number of ether oxygens (including phenoxy) is 1. The Labute approximate surface area is 171 Å². The van der Waals surface area contributed by atoms with E-state index in [9.17, 15) is 12.8 Å². The van der Waals surface area contributed by atoms with Crippen LogP contribution in [0.4, 0.5) is 22.0 Å². The van der Waals surface area contributed by atoms with Crippen LogP contribution in [0, 0.1) is 5.82 Å². The van der Waals surface area contributed by atoms with Crippen molar-refractivity contribution < 1.29 is 17.5 Å². The van der Waals surface area contributed by atoms with Gasteiger partial charge in [0.2, 0.25) is 5.95 Å². The molecule has 4 rings (SSSR count). The molecule has 154 valence electrons. The second-order valence-electron chi connectivity index (χ2n) is 6.52. The fourth-order valence-corrected chi connectivity index (χ4v) is 3.72. The molecule has 0 aliphatic heterocycles. The van der Waals surface area contributed by atoms with E-state index in [4.69, 9.17) is 10.5 Å². The molecule has 0 fully saturated rings. The third kappa shape index (κ3) is 3.62. The van der Waals surface area contributed by atoms with E-state index in [-0.39, 0.29) is 11.8 Å². The van der Waals surface area contributed by atoms with Gasteiger partial charge in [0.15, 0.2) is 15.7 Å². The summed E-state index contributed by atoms with van der Waals surface area (Å²) in [6.07, 6.45) is 2.37. The van der Waals surface area contributed by atoms with Crippen LogP contribution in [0.1, 0.15) is 0 Å². The molecule has 2 aromatic heterocycles. The Hall–Kier alpha value is -3.73. The van der Waals surface area contributed by atoms with Crippen molar-refractivity contribution in [2.24, 2.45) is 0 Å². The zero-order valence-electron chi connectivity index (χ0n) is 16.0. The first-order chi connectivity index (χ1) is 14.3. The van der Waals surface area contributed by atoms with Gasteiger partial charge in [-0.3, -0.25) is 5.10 Å². The van der Waals surface area contributed by atoms with Crippen molar-refractivity contribution in [3.8, 4) is 16.9 Å². The van der Waals surface area contributed by atoms with Crippen molar-refractivity contribution in [1.29, 1.82) is 0 Å². The van der Waals surface area contributed by atoms with Crippen LogP contribution in [0.3, 0.4) is 0 Å². The van der Waals surface area contributed by atoms with Crippen molar-refractivity contribution >= 4 is 38.3 Å². The molecule has 0 aliphatic carbocycles. The Morgan fingerprint density at radius 1 is 1.20 bits per heavy atom. The molecule has 30 heavy (non-hydrogen) atoms. The van der Waals surface area contributed by atoms with Crippen LogP contribution in [0.5, 0.6) is 5.75 Å². The van der Waals surface area contributed by atoms with Crippen molar-refractivity contribution in [3.05, 3.63) is 48.4 Å². The van der Waals surface area contributed by atoms with Gasteiger partial charge in [-0.2, -0.15) is 10.1 Å². The molecule has 2 heterocycles. The normalized spacial score (nSPS) is 11.6. The Kier molecular flexibility index (Phi) is 4.74. The molecule has 0 radical (unpaired) electrons. The van der Waals surface area contributed by atoms with E-state index < -0.39 is 20.5 Å². The van der Waals surface area contributed by atoms with Gasteiger partial charge in [0.25, 0.3) is 0 Å². The topological polar surface area (TPSA) is 136 Å². The molecule has 4 aromatic rings. The maximum absolute atomic E-state index is 13.9. The number of methoxy groups -OCH3 is 1. The van der Waals surface area contributed by atoms with Gasteiger partial charge in [-0.1, -0.05) is 6.07 Å². The van der Waals surface area contributed by atoms with E-state index >= 15 is 0 Å². The van der Waals surface area contributed by atoms with Gasteiger partial charge in [-0.25, -0.2) is 17.8 Å². The van der Waals surface area contributed by atoms with E-state index in [2.05, 4.69) is 25.5 Å². The minimum atomic E-state index is -3.74. The number of nitrogen functional groups attached to an aromatic ring is 1. The summed E-state index contributed by atoms with van der Waals surface area (Å²) in [5, 5.41) is 10.9. The van der Waals surface area contributed by atoms with Crippen LogP contribution in [-0.4, -0.2) is 41.9 Å². The zero-order chi connectivity index (χ0) is 21.5. The van der Waals surface area contributed by atoms with E-state index in [0.29, 0.717) is 22.7 Å². The van der Waals surface area contributed by atoms with Crippen LogP contribution in [0.15, 0.2) is 47.5 Å². The fourth-order valence-electron chi connectivity index (χ4n) is 2.95. The summed E-state index contributed by atoms with van der Waals surface area (Å²) >= 11 is 0. The molecule has 0 atom stereocenters. The number of aromatic amines is 1. The molecule has 2 aromatic carbocycles. The largest absolute Gasteiger partial charge is 0.497 e. The average Bonchev–Trinajstić information content (AvgIpc) is 3.10. The number of benzene rings is 2. The van der Waals surface area contributed by atoms with Crippen LogP contribution in [0.25, 0.3) is 22.0 Å². The molecule has 0 bridgehead atoms. The highest BCUT2D eigenvalue weighted by molar-refractivity contribution is 7.90. The lowest BCUT2D eigenvalue weighted by molar-refractivity contribution is 0.415. The lowest BCUT2D eigenvalue weighted by Gasteiger charge is -2.09. The number of H-pyrrole nitrogens is 1. The highest BCUT2D eigenvalue weighted by Gasteiger charge is 2.17. The first-order valence-electron chi connectivity index (χ1n) is 8.68. The highest BCUT2D eigenvalue weighted by Crippen LogP contribution is 2.30. The lowest BCUT2D eigenvalue weighted by atomic mass is 10.1. The number of aromatic nitrogens is 4. The molecular formula is C19H17FN6O3S. The predicted octanol–water partition coefficient (Wildman–Crippen LogP) is 2.90. The summed E-state index contributed by atoms with van der Waals surface area (Å²) < 4.78 is 42.7. The second kappa shape index (κ2) is 7.26. The van der Waals surface area contributed by atoms with Gasteiger partial charge >= 0.3 is 0 Å². The summed E-state index contributed by atoms with van der Waals surface area (Å²) in [6.45, 7) is 0. The summed E-state index contributed by atoms with van der Waals surface area (Å²) in [5.74, 6) is 0.603. The number of hydrogen-bond acceptors (Lipinski definition) is 8. The standard InChI is InChI=1S/C19H17FN6O3S/c1-29-11-4-6-15-12(8-11)18(26-25-15)24-19-22-9-13(17(21)23-19)10-3-5-14(20)16(7-10)30(2,27)28/h3-9H,1-2H3,(H4,21,22,23,24,25,26). The Morgan fingerprint density at radius 2 is 2.00 bits per heavy atom. The molecule has 0 spiro atoms. The average molecular weight is 428 g/mol. The Balaban J connectivity index is 1.68. The molecule has 0 saturated heterocycles. The van der Waals surface area contributed by atoms with Gasteiger partial charge in [-0.05, 0) is 35.9 Å². The second-order valence-corrected chi connectivity index (χ2v) is 8.50. The number of nitrogens with one attached hydrogen (secondary N) is 2. The number of rotatable bonds is 5. The molecule has 0 unspecified atom stereocenters. The molecule has 11 heteroatoms. The number of anilines is 3. The summed E-state index contributed by atoms with van der Waals surface area (Å²) in [7, 11) is -2.17. The molecule has 0 aliphatic rings. The van der Waals surface area contributed by atoms with Crippen LogP contribution in [-0.2, 0) is 9.84 Å². The minimum absolute atomic E-state index is 0.0935. The molecule has 0 saturated carbocycles. The van der Waals surface area contributed by atoms with Crippen LogP contribution in [0.2, 0.25) is 0 Å². The zero-order valence-corrected chi connectivity index (χ0v) is 16.8. The molecule has 0 amide bonds. The van der Waals surface area contributed by atoms with Gasteiger partial charge in [-0.15, -0.1) is 0 Å². The van der Waals surface area contributed by atoms with Crippen LogP contribution < -0.4 is 15.8 Å². The van der Waals surface area contributed by atoms with E-state index in [1.54, 1.807) is 13.2 Å². The van der Waals surface area contributed by atoms with Gasteiger partial charge in [0.1, 0.15) is 22.3 Å². The highest BCUT2D eigenvalue weighted by atomic mass is 32.2. The van der Waals surface area contributed by atoms with E-state index in [1.165, 1.54) is 18.3 Å². The third-order valence-corrected chi connectivity index (χ3v) is 5.57. The number of fused-ring (bicyclic) bond motifs is 1. The first-order valence-corrected chi connectivity index (χ1v) is 10.6. The number of hydrogen-bond donors (Lipinski definition) is 3. The quantitative estimate of drug-likeness (QED) is 0.441. The van der Waals surface area contributed by atoms with Crippen LogP contribution >= 0.6 is 0 Å². The Morgan fingerprint density at radius 3 is 2.70 bits per heavy atom.